The molecule has 1 atom stereocenters. The summed E-state index contributed by atoms with van der Waals surface area (Å²) in [5.74, 6) is 1.86. The van der Waals surface area contributed by atoms with E-state index in [2.05, 4.69) is 9.89 Å². The zero-order chi connectivity index (χ0) is 9.10. The Bertz CT molecular complexity index is 205. The zero-order valence-electron chi connectivity index (χ0n) is 7.91. The molecule has 0 saturated carbocycles. The van der Waals surface area contributed by atoms with E-state index in [-0.39, 0.29) is 0 Å². The lowest BCUT2D eigenvalue weighted by molar-refractivity contribution is 0.267. The molecule has 0 spiro atoms. The SMILES string of the molecule is NCC1CCCN(C2=NCCS2)C1. The molecule has 3 nitrogen and oxygen atoms in total. The van der Waals surface area contributed by atoms with E-state index in [1.165, 1.54) is 30.3 Å². The molecule has 1 saturated heterocycles. The molecule has 13 heavy (non-hydrogen) atoms. The quantitative estimate of drug-likeness (QED) is 0.678. The van der Waals surface area contributed by atoms with Gasteiger partial charge in [0.1, 0.15) is 0 Å². The smallest absolute Gasteiger partial charge is 0.159 e. The number of aliphatic imine (C=N–C) groups is 1. The van der Waals surface area contributed by atoms with Gasteiger partial charge in [-0.15, -0.1) is 0 Å². The number of nitrogens with two attached hydrogens (primary N) is 1. The predicted octanol–water partition coefficient (Wildman–Crippen LogP) is 0.760. The molecule has 2 aliphatic rings. The number of hydrogen-bond acceptors (Lipinski definition) is 4. The van der Waals surface area contributed by atoms with Crippen LogP contribution in [0.15, 0.2) is 4.99 Å². The Morgan fingerprint density at radius 2 is 2.54 bits per heavy atom. The molecule has 2 aliphatic heterocycles. The number of rotatable bonds is 1. The van der Waals surface area contributed by atoms with Crippen LogP contribution in [-0.4, -0.2) is 42.0 Å². The summed E-state index contributed by atoms with van der Waals surface area (Å²) in [6.07, 6.45) is 2.58. The molecule has 0 bridgehead atoms. The molecular formula is C9H17N3S. The fourth-order valence-corrected chi connectivity index (χ4v) is 2.84. The van der Waals surface area contributed by atoms with E-state index in [0.717, 1.165) is 19.6 Å². The average molecular weight is 199 g/mol. The Balaban J connectivity index is 1.91. The fraction of sp³-hybridized carbons (Fsp3) is 0.889. The summed E-state index contributed by atoms with van der Waals surface area (Å²) in [7, 11) is 0. The largest absolute Gasteiger partial charge is 0.351 e. The Kier molecular flexibility index (Phi) is 3.11. The van der Waals surface area contributed by atoms with Gasteiger partial charge in [0, 0.05) is 18.8 Å². The summed E-state index contributed by atoms with van der Waals surface area (Å²) in [4.78, 5) is 6.91. The molecule has 0 amide bonds. The first-order valence-corrected chi connectivity index (χ1v) is 6.01. The first-order chi connectivity index (χ1) is 6.40. The Morgan fingerprint density at radius 3 is 3.23 bits per heavy atom. The van der Waals surface area contributed by atoms with Crippen molar-refractivity contribution < 1.29 is 0 Å². The molecule has 2 heterocycles. The van der Waals surface area contributed by atoms with Crippen LogP contribution >= 0.6 is 11.8 Å². The van der Waals surface area contributed by atoms with Crippen LogP contribution in [0, 0.1) is 5.92 Å². The molecule has 0 aromatic rings. The van der Waals surface area contributed by atoms with Crippen LogP contribution in [-0.2, 0) is 0 Å². The minimum Gasteiger partial charge on any atom is -0.351 e. The minimum absolute atomic E-state index is 0.692. The molecule has 0 aromatic heterocycles. The topological polar surface area (TPSA) is 41.6 Å². The third-order valence-corrected chi connectivity index (χ3v) is 3.72. The molecule has 4 heteroatoms. The summed E-state index contributed by atoms with van der Waals surface area (Å²) in [6.45, 7) is 4.14. The lowest BCUT2D eigenvalue weighted by Gasteiger charge is -2.33. The lowest BCUT2D eigenvalue weighted by atomic mass is 9.99. The van der Waals surface area contributed by atoms with Gasteiger partial charge in [-0.05, 0) is 25.3 Å². The molecule has 2 N–H and O–H groups in total. The molecule has 2 rings (SSSR count). The fourth-order valence-electron chi connectivity index (χ4n) is 1.95. The number of nitrogens with zero attached hydrogens (tertiary/aromatic N) is 2. The minimum atomic E-state index is 0.692. The standard InChI is InChI=1S/C9H17N3S/c10-6-8-2-1-4-12(7-8)9-11-3-5-13-9/h8H,1-7,10H2. The normalized spacial score (nSPS) is 29.2. The van der Waals surface area contributed by atoms with Crippen LogP contribution in [0.3, 0.4) is 0 Å². The van der Waals surface area contributed by atoms with Crippen LogP contribution in [0.4, 0.5) is 0 Å². The third-order valence-electron chi connectivity index (χ3n) is 2.69. The average Bonchev–Trinajstić information content (AvgIpc) is 2.71. The van der Waals surface area contributed by atoms with Gasteiger partial charge in [0.25, 0.3) is 0 Å². The highest BCUT2D eigenvalue weighted by atomic mass is 32.2. The summed E-state index contributed by atoms with van der Waals surface area (Å²) in [5, 5.41) is 1.26. The van der Waals surface area contributed by atoms with Gasteiger partial charge in [-0.25, -0.2) is 0 Å². The van der Waals surface area contributed by atoms with Crippen molar-refractivity contribution >= 4 is 16.9 Å². The van der Waals surface area contributed by atoms with Crippen molar-refractivity contribution in [3.8, 4) is 0 Å². The number of piperidine rings is 1. The van der Waals surface area contributed by atoms with Crippen molar-refractivity contribution in [2.24, 2.45) is 16.6 Å². The van der Waals surface area contributed by atoms with Gasteiger partial charge in [-0.3, -0.25) is 4.99 Å². The van der Waals surface area contributed by atoms with Gasteiger partial charge >= 0.3 is 0 Å². The Morgan fingerprint density at radius 1 is 1.62 bits per heavy atom. The van der Waals surface area contributed by atoms with Crippen molar-refractivity contribution in [2.45, 2.75) is 12.8 Å². The van der Waals surface area contributed by atoms with Gasteiger partial charge in [-0.1, -0.05) is 11.8 Å². The van der Waals surface area contributed by atoms with Crippen LogP contribution < -0.4 is 5.73 Å². The summed E-state index contributed by atoms with van der Waals surface area (Å²) in [6, 6.07) is 0. The summed E-state index contributed by atoms with van der Waals surface area (Å²) < 4.78 is 0. The predicted molar refractivity (Wildman–Crippen MR) is 58.1 cm³/mol. The van der Waals surface area contributed by atoms with Crippen LogP contribution in [0.5, 0.6) is 0 Å². The van der Waals surface area contributed by atoms with Gasteiger partial charge in [-0.2, -0.15) is 0 Å². The lowest BCUT2D eigenvalue weighted by Crippen LogP contribution is -2.40. The van der Waals surface area contributed by atoms with Crippen molar-refractivity contribution in [3.05, 3.63) is 0 Å². The van der Waals surface area contributed by atoms with E-state index in [1.54, 1.807) is 0 Å². The van der Waals surface area contributed by atoms with E-state index in [4.69, 9.17) is 5.73 Å². The highest BCUT2D eigenvalue weighted by molar-refractivity contribution is 8.14. The monoisotopic (exact) mass is 199 g/mol. The van der Waals surface area contributed by atoms with Crippen molar-refractivity contribution in [3.63, 3.8) is 0 Å². The van der Waals surface area contributed by atoms with E-state index < -0.39 is 0 Å². The highest BCUT2D eigenvalue weighted by Crippen LogP contribution is 2.22. The third kappa shape index (κ3) is 2.17. The first-order valence-electron chi connectivity index (χ1n) is 5.02. The van der Waals surface area contributed by atoms with Crippen molar-refractivity contribution in [1.29, 1.82) is 0 Å². The van der Waals surface area contributed by atoms with E-state index in [1.807, 2.05) is 11.8 Å². The Labute approximate surface area is 83.8 Å². The first kappa shape index (κ1) is 9.34. The summed E-state index contributed by atoms with van der Waals surface area (Å²) >= 11 is 1.90. The summed E-state index contributed by atoms with van der Waals surface area (Å²) in [5.41, 5.74) is 5.69. The zero-order valence-corrected chi connectivity index (χ0v) is 8.72. The molecular weight excluding hydrogens is 182 g/mol. The van der Waals surface area contributed by atoms with Crippen molar-refractivity contribution in [1.82, 2.24) is 4.90 Å². The molecule has 0 radical (unpaired) electrons. The van der Waals surface area contributed by atoms with Crippen LogP contribution in [0.2, 0.25) is 0 Å². The van der Waals surface area contributed by atoms with Crippen molar-refractivity contribution in [2.75, 3.05) is 31.9 Å². The number of amidine groups is 1. The number of thioether (sulfide) groups is 1. The maximum absolute atomic E-state index is 5.69. The second-order valence-corrected chi connectivity index (χ2v) is 4.76. The maximum atomic E-state index is 5.69. The second kappa shape index (κ2) is 4.33. The second-order valence-electron chi connectivity index (χ2n) is 3.70. The van der Waals surface area contributed by atoms with Gasteiger partial charge in [0.05, 0.1) is 6.54 Å². The molecule has 74 valence electrons. The van der Waals surface area contributed by atoms with E-state index >= 15 is 0 Å². The number of hydrogen-bond donors (Lipinski definition) is 1. The van der Waals surface area contributed by atoms with Gasteiger partial charge in [0.2, 0.25) is 0 Å². The maximum Gasteiger partial charge on any atom is 0.159 e. The van der Waals surface area contributed by atoms with Crippen LogP contribution in [0.25, 0.3) is 0 Å². The highest BCUT2D eigenvalue weighted by Gasteiger charge is 2.22. The van der Waals surface area contributed by atoms with E-state index in [9.17, 15) is 0 Å². The van der Waals surface area contributed by atoms with Gasteiger partial charge in [0.15, 0.2) is 5.17 Å². The Hall–Kier alpha value is -0.220. The van der Waals surface area contributed by atoms with Gasteiger partial charge < -0.3 is 10.6 Å². The number of likely N-dealkylation sites (tertiary alicyclic amines) is 1. The molecule has 0 aliphatic carbocycles. The molecule has 1 fully saturated rings. The molecule has 1 unspecified atom stereocenters. The molecule has 0 aromatic carbocycles. The van der Waals surface area contributed by atoms with E-state index in [0.29, 0.717) is 5.92 Å². The van der Waals surface area contributed by atoms with Crippen LogP contribution in [0.1, 0.15) is 12.8 Å².